The highest BCUT2D eigenvalue weighted by Gasteiger charge is 2.20. The van der Waals surface area contributed by atoms with Crippen LogP contribution >= 0.6 is 0 Å². The molecule has 0 aromatic carbocycles. The summed E-state index contributed by atoms with van der Waals surface area (Å²) in [5.41, 5.74) is 0. The molecule has 8 nitrogen and oxygen atoms in total. The number of amidine groups is 1. The standard InChI is InChI=1S/C15H23N3O5/c1-12(19)5-8-22-10-11-23-9-6-17-14(20)4-7-18-13(16)2-3-15(18)21/h2-3,16H,4-11H2,1H3,(H,17,20). The van der Waals surface area contributed by atoms with Crippen molar-refractivity contribution in [2.75, 3.05) is 39.5 Å². The Labute approximate surface area is 135 Å². The van der Waals surface area contributed by atoms with Gasteiger partial charge in [0.1, 0.15) is 11.6 Å². The third-order valence-electron chi connectivity index (χ3n) is 3.04. The first-order valence-electron chi connectivity index (χ1n) is 7.50. The Morgan fingerprint density at radius 2 is 1.83 bits per heavy atom. The minimum atomic E-state index is -0.268. The lowest BCUT2D eigenvalue weighted by Gasteiger charge is -2.15. The first-order chi connectivity index (χ1) is 11.0. The van der Waals surface area contributed by atoms with E-state index in [0.29, 0.717) is 39.4 Å². The quantitative estimate of drug-likeness (QED) is 0.486. The van der Waals surface area contributed by atoms with Crippen molar-refractivity contribution in [2.45, 2.75) is 19.8 Å². The molecule has 0 bridgehead atoms. The fraction of sp³-hybridized carbons (Fsp3) is 0.600. The Morgan fingerprint density at radius 3 is 2.43 bits per heavy atom. The highest BCUT2D eigenvalue weighted by atomic mass is 16.5. The molecule has 128 valence electrons. The molecule has 1 aliphatic heterocycles. The SMILES string of the molecule is CC(=O)CCOCCOCCNC(=O)CCN1C(=N)C=CC1=O. The van der Waals surface area contributed by atoms with Crippen LogP contribution in [0.25, 0.3) is 0 Å². The van der Waals surface area contributed by atoms with Crippen LogP contribution in [0.1, 0.15) is 19.8 Å². The predicted molar refractivity (Wildman–Crippen MR) is 83.1 cm³/mol. The van der Waals surface area contributed by atoms with Gasteiger partial charge in [-0.15, -0.1) is 0 Å². The summed E-state index contributed by atoms with van der Waals surface area (Å²) in [7, 11) is 0. The lowest BCUT2D eigenvalue weighted by atomic mass is 10.3. The first kappa shape index (κ1) is 19.0. The maximum absolute atomic E-state index is 11.6. The fourth-order valence-electron chi connectivity index (χ4n) is 1.78. The molecule has 23 heavy (non-hydrogen) atoms. The summed E-state index contributed by atoms with van der Waals surface area (Å²) in [6.07, 6.45) is 3.27. The number of rotatable bonds is 12. The Balaban J connectivity index is 1.93. The second-order valence-electron chi connectivity index (χ2n) is 4.99. The van der Waals surface area contributed by atoms with Crippen LogP contribution in [-0.4, -0.2) is 67.9 Å². The van der Waals surface area contributed by atoms with E-state index in [0.717, 1.165) is 0 Å². The highest BCUT2D eigenvalue weighted by molar-refractivity contribution is 6.14. The van der Waals surface area contributed by atoms with E-state index in [1.54, 1.807) is 0 Å². The van der Waals surface area contributed by atoms with Crippen LogP contribution in [0, 0.1) is 5.41 Å². The number of amides is 2. The normalized spacial score (nSPS) is 13.7. The van der Waals surface area contributed by atoms with Gasteiger partial charge in [0.05, 0.1) is 26.4 Å². The van der Waals surface area contributed by atoms with Crippen LogP contribution < -0.4 is 5.32 Å². The van der Waals surface area contributed by atoms with Crippen LogP contribution in [0.15, 0.2) is 12.2 Å². The van der Waals surface area contributed by atoms with Crippen molar-refractivity contribution in [3.63, 3.8) is 0 Å². The number of carbonyl (C=O) groups excluding carboxylic acids is 3. The maximum atomic E-state index is 11.6. The molecule has 0 aromatic heterocycles. The molecule has 0 spiro atoms. The largest absolute Gasteiger partial charge is 0.379 e. The lowest BCUT2D eigenvalue weighted by Crippen LogP contribution is -2.35. The molecular weight excluding hydrogens is 302 g/mol. The Morgan fingerprint density at radius 1 is 1.13 bits per heavy atom. The van der Waals surface area contributed by atoms with E-state index in [-0.39, 0.29) is 36.4 Å². The molecule has 0 unspecified atom stereocenters. The van der Waals surface area contributed by atoms with Gasteiger partial charge < -0.3 is 14.8 Å². The number of nitrogens with one attached hydrogen (secondary N) is 2. The summed E-state index contributed by atoms with van der Waals surface area (Å²) in [6, 6.07) is 0. The molecule has 0 aliphatic carbocycles. The van der Waals surface area contributed by atoms with Crippen molar-refractivity contribution < 1.29 is 23.9 Å². The van der Waals surface area contributed by atoms with E-state index in [4.69, 9.17) is 14.9 Å². The Kier molecular flexibility index (Phi) is 8.78. The van der Waals surface area contributed by atoms with Crippen molar-refractivity contribution >= 4 is 23.4 Å². The van der Waals surface area contributed by atoms with Crippen LogP contribution in [0.3, 0.4) is 0 Å². The minimum absolute atomic E-state index is 0.0928. The van der Waals surface area contributed by atoms with Crippen LogP contribution in [0.2, 0.25) is 0 Å². The summed E-state index contributed by atoms with van der Waals surface area (Å²) in [6.45, 7) is 3.65. The van der Waals surface area contributed by atoms with Gasteiger partial charge in [0.25, 0.3) is 5.91 Å². The monoisotopic (exact) mass is 325 g/mol. The number of nitrogens with zero attached hydrogens (tertiary/aromatic N) is 1. The van der Waals surface area contributed by atoms with Gasteiger partial charge in [-0.25, -0.2) is 0 Å². The van der Waals surface area contributed by atoms with Crippen molar-refractivity contribution in [1.29, 1.82) is 5.41 Å². The molecule has 2 amide bonds. The van der Waals surface area contributed by atoms with Gasteiger partial charge >= 0.3 is 0 Å². The van der Waals surface area contributed by atoms with Crippen molar-refractivity contribution in [1.82, 2.24) is 10.2 Å². The van der Waals surface area contributed by atoms with E-state index in [9.17, 15) is 14.4 Å². The third-order valence-corrected chi connectivity index (χ3v) is 3.04. The number of Topliss-reactive ketones (excluding diaryl/α,β-unsaturated/α-hetero) is 1. The van der Waals surface area contributed by atoms with E-state index in [1.807, 2.05) is 0 Å². The van der Waals surface area contributed by atoms with Crippen LogP contribution in [0.5, 0.6) is 0 Å². The Bertz CT molecular complexity index is 458. The van der Waals surface area contributed by atoms with E-state index in [2.05, 4.69) is 5.32 Å². The second-order valence-corrected chi connectivity index (χ2v) is 4.99. The fourth-order valence-corrected chi connectivity index (χ4v) is 1.78. The number of ether oxygens (including phenoxy) is 2. The van der Waals surface area contributed by atoms with Gasteiger partial charge in [-0.2, -0.15) is 0 Å². The summed E-state index contributed by atoms with van der Waals surface area (Å²) >= 11 is 0. The average molecular weight is 325 g/mol. The van der Waals surface area contributed by atoms with Gasteiger partial charge in [-0.3, -0.25) is 24.7 Å². The van der Waals surface area contributed by atoms with Gasteiger partial charge in [-0.1, -0.05) is 0 Å². The number of carbonyl (C=O) groups is 3. The molecular formula is C15H23N3O5. The molecule has 2 N–H and O–H groups in total. The molecule has 0 fully saturated rings. The summed E-state index contributed by atoms with van der Waals surface area (Å²) < 4.78 is 10.5. The zero-order valence-corrected chi connectivity index (χ0v) is 13.3. The maximum Gasteiger partial charge on any atom is 0.252 e. The number of hydrogen-bond donors (Lipinski definition) is 2. The third kappa shape index (κ3) is 8.22. The van der Waals surface area contributed by atoms with Crippen molar-refractivity contribution in [3.8, 4) is 0 Å². The van der Waals surface area contributed by atoms with Gasteiger partial charge in [-0.05, 0) is 13.0 Å². The molecule has 0 aromatic rings. The second kappa shape index (κ2) is 10.6. The van der Waals surface area contributed by atoms with E-state index >= 15 is 0 Å². The molecule has 0 saturated heterocycles. The number of ketones is 1. The number of hydrogen-bond acceptors (Lipinski definition) is 6. The van der Waals surface area contributed by atoms with Crippen molar-refractivity contribution in [3.05, 3.63) is 12.2 Å². The van der Waals surface area contributed by atoms with Gasteiger partial charge in [0, 0.05) is 32.0 Å². The van der Waals surface area contributed by atoms with Gasteiger partial charge in [0.2, 0.25) is 5.91 Å². The summed E-state index contributed by atoms with van der Waals surface area (Å²) in [4.78, 5) is 34.9. The van der Waals surface area contributed by atoms with Crippen LogP contribution in [-0.2, 0) is 23.9 Å². The molecule has 0 atom stereocenters. The zero-order valence-electron chi connectivity index (χ0n) is 13.3. The Hall–Kier alpha value is -2.06. The summed E-state index contributed by atoms with van der Waals surface area (Å²) in [5, 5.41) is 10.2. The zero-order chi connectivity index (χ0) is 17.1. The molecule has 0 saturated carbocycles. The predicted octanol–water partition coefficient (Wildman–Crippen LogP) is -0.119. The molecule has 1 rings (SSSR count). The molecule has 0 radical (unpaired) electrons. The van der Waals surface area contributed by atoms with E-state index < -0.39 is 0 Å². The van der Waals surface area contributed by atoms with E-state index in [1.165, 1.54) is 24.0 Å². The topological polar surface area (TPSA) is 109 Å². The molecule has 1 heterocycles. The first-order valence-corrected chi connectivity index (χ1v) is 7.50. The van der Waals surface area contributed by atoms with Crippen molar-refractivity contribution in [2.24, 2.45) is 0 Å². The minimum Gasteiger partial charge on any atom is -0.379 e. The van der Waals surface area contributed by atoms with Gasteiger partial charge in [0.15, 0.2) is 0 Å². The average Bonchev–Trinajstić information content (AvgIpc) is 2.82. The van der Waals surface area contributed by atoms with Crippen LogP contribution in [0.4, 0.5) is 0 Å². The summed E-state index contributed by atoms with van der Waals surface area (Å²) in [5.74, 6) is -0.263. The molecule has 1 aliphatic rings. The lowest BCUT2D eigenvalue weighted by molar-refractivity contribution is -0.124. The highest BCUT2D eigenvalue weighted by Crippen LogP contribution is 2.04. The molecule has 8 heteroatoms. The smallest absolute Gasteiger partial charge is 0.252 e.